The lowest BCUT2D eigenvalue weighted by Gasteiger charge is -2.25. The minimum atomic E-state index is -0.815. The van der Waals surface area contributed by atoms with Crippen LogP contribution < -0.4 is 10.6 Å². The average molecular weight is 538 g/mol. The second-order valence-corrected chi connectivity index (χ2v) is 10.7. The number of carbonyl (C=O) groups excluding carboxylic acids is 3. The SMILES string of the molecule is O=C(CSC1=Nc2ccccc2C2=N[C@@H](CC(=O)NC3CCCCC3)C(=O)N12)NCc1ccccc1Cl. The molecule has 2 aliphatic heterocycles. The highest BCUT2D eigenvalue weighted by atomic mass is 35.5. The Bertz CT molecular complexity index is 1270. The van der Waals surface area contributed by atoms with Gasteiger partial charge in [-0.3, -0.25) is 19.4 Å². The van der Waals surface area contributed by atoms with Crippen molar-refractivity contribution in [3.63, 3.8) is 0 Å². The molecule has 2 aromatic carbocycles. The molecule has 0 unspecified atom stereocenters. The number of hydrogen-bond donors (Lipinski definition) is 2. The van der Waals surface area contributed by atoms with Crippen LogP contribution in [0.15, 0.2) is 58.5 Å². The summed E-state index contributed by atoms with van der Waals surface area (Å²) in [6.45, 7) is 0.307. The van der Waals surface area contributed by atoms with Gasteiger partial charge >= 0.3 is 0 Å². The lowest BCUT2D eigenvalue weighted by molar-refractivity contribution is -0.129. The smallest absolute Gasteiger partial charge is 0.259 e. The second-order valence-electron chi connectivity index (χ2n) is 9.32. The molecular formula is C27H28ClN5O3S. The molecule has 3 aliphatic rings. The minimum Gasteiger partial charge on any atom is -0.353 e. The molecule has 0 spiro atoms. The second kappa shape index (κ2) is 11.5. The van der Waals surface area contributed by atoms with Crippen molar-refractivity contribution in [3.05, 3.63) is 64.7 Å². The minimum absolute atomic E-state index is 0.00618. The first-order valence-electron chi connectivity index (χ1n) is 12.5. The molecule has 2 aromatic rings. The van der Waals surface area contributed by atoms with Crippen LogP contribution >= 0.6 is 23.4 Å². The summed E-state index contributed by atoms with van der Waals surface area (Å²) in [5.41, 5.74) is 2.24. The number of amides is 3. The number of nitrogens with one attached hydrogen (secondary N) is 2. The topological polar surface area (TPSA) is 103 Å². The molecule has 8 nitrogen and oxygen atoms in total. The summed E-state index contributed by atoms with van der Waals surface area (Å²) in [7, 11) is 0. The van der Waals surface area contributed by atoms with E-state index in [2.05, 4.69) is 20.6 Å². The zero-order chi connectivity index (χ0) is 25.8. The van der Waals surface area contributed by atoms with Crippen molar-refractivity contribution >= 4 is 57.8 Å². The third-order valence-electron chi connectivity index (χ3n) is 6.66. The highest BCUT2D eigenvalue weighted by molar-refractivity contribution is 8.14. The first-order valence-corrected chi connectivity index (χ1v) is 13.9. The molecule has 2 heterocycles. The van der Waals surface area contributed by atoms with Crippen LogP contribution in [-0.2, 0) is 20.9 Å². The lowest BCUT2D eigenvalue weighted by atomic mass is 9.95. The van der Waals surface area contributed by atoms with Crippen LogP contribution in [0.4, 0.5) is 5.69 Å². The fourth-order valence-corrected chi connectivity index (χ4v) is 5.79. The number of rotatable bonds is 7. The summed E-state index contributed by atoms with van der Waals surface area (Å²) >= 11 is 7.34. The molecule has 1 aliphatic carbocycles. The summed E-state index contributed by atoms with van der Waals surface area (Å²) < 4.78 is 0. The number of benzene rings is 2. The zero-order valence-electron chi connectivity index (χ0n) is 20.3. The fraction of sp³-hybridized carbons (Fsp3) is 0.370. The standard InChI is InChI=1S/C27H28ClN5O3S/c28-20-12-6-4-8-17(20)15-29-24(35)16-37-27-32-21-13-7-5-11-19(21)25-31-22(26(36)33(25)27)14-23(34)30-18-9-2-1-3-10-18/h4-8,11-13,18,22H,1-3,9-10,14-16H2,(H,29,35)(H,30,34)/t22-/m0/s1. The van der Waals surface area contributed by atoms with E-state index in [1.54, 1.807) is 6.07 Å². The fourth-order valence-electron chi connectivity index (χ4n) is 4.76. The molecule has 0 bridgehead atoms. The summed E-state index contributed by atoms with van der Waals surface area (Å²) in [5.74, 6) is -0.126. The monoisotopic (exact) mass is 537 g/mol. The molecule has 3 amide bonds. The molecule has 10 heteroatoms. The van der Waals surface area contributed by atoms with Gasteiger partial charge in [-0.15, -0.1) is 0 Å². The molecule has 0 aromatic heterocycles. The number of hydrogen-bond acceptors (Lipinski definition) is 6. The van der Waals surface area contributed by atoms with E-state index < -0.39 is 6.04 Å². The van der Waals surface area contributed by atoms with Crippen molar-refractivity contribution in [2.24, 2.45) is 9.98 Å². The van der Waals surface area contributed by atoms with Gasteiger partial charge in [0.1, 0.15) is 11.9 Å². The highest BCUT2D eigenvalue weighted by Crippen LogP contribution is 2.34. The van der Waals surface area contributed by atoms with Gasteiger partial charge in [-0.05, 0) is 36.6 Å². The van der Waals surface area contributed by atoms with Gasteiger partial charge in [0, 0.05) is 23.2 Å². The van der Waals surface area contributed by atoms with Gasteiger partial charge in [0.05, 0.1) is 17.9 Å². The van der Waals surface area contributed by atoms with E-state index in [4.69, 9.17) is 11.6 Å². The van der Waals surface area contributed by atoms with Gasteiger partial charge < -0.3 is 10.6 Å². The molecular weight excluding hydrogens is 510 g/mol. The average Bonchev–Trinajstić information content (AvgIpc) is 3.23. The molecule has 2 N–H and O–H groups in total. The summed E-state index contributed by atoms with van der Waals surface area (Å²) in [5, 5.41) is 6.90. The third-order valence-corrected chi connectivity index (χ3v) is 7.97. The zero-order valence-corrected chi connectivity index (χ0v) is 21.9. The van der Waals surface area contributed by atoms with Gasteiger partial charge in [0.25, 0.3) is 5.91 Å². The normalized spacial score (nSPS) is 19.0. The number of amidine groups is 2. The Labute approximate surface area is 225 Å². The lowest BCUT2D eigenvalue weighted by Crippen LogP contribution is -2.43. The number of carbonyl (C=O) groups is 3. The van der Waals surface area contributed by atoms with Crippen LogP contribution in [0.5, 0.6) is 0 Å². The number of thioether (sulfide) groups is 1. The molecule has 1 saturated carbocycles. The van der Waals surface area contributed by atoms with Gasteiger partial charge in [0.15, 0.2) is 5.17 Å². The van der Waals surface area contributed by atoms with E-state index in [1.807, 2.05) is 42.5 Å². The van der Waals surface area contributed by atoms with Crippen molar-refractivity contribution in [2.45, 2.75) is 57.2 Å². The number of fused-ring (bicyclic) bond motifs is 3. The third kappa shape index (κ3) is 5.88. The molecule has 0 saturated heterocycles. The predicted octanol–water partition coefficient (Wildman–Crippen LogP) is 4.19. The van der Waals surface area contributed by atoms with Gasteiger partial charge in [-0.1, -0.05) is 73.0 Å². The molecule has 1 atom stereocenters. The van der Waals surface area contributed by atoms with E-state index >= 15 is 0 Å². The van der Waals surface area contributed by atoms with E-state index in [0.717, 1.165) is 36.8 Å². The van der Waals surface area contributed by atoms with E-state index in [0.29, 0.717) is 28.3 Å². The van der Waals surface area contributed by atoms with Crippen molar-refractivity contribution in [1.29, 1.82) is 0 Å². The van der Waals surface area contributed by atoms with E-state index in [-0.39, 0.29) is 35.9 Å². The van der Waals surface area contributed by atoms with Gasteiger partial charge in [0.2, 0.25) is 11.8 Å². The maximum Gasteiger partial charge on any atom is 0.259 e. The summed E-state index contributed by atoms with van der Waals surface area (Å²) in [6.07, 6.45) is 5.38. The Kier molecular flexibility index (Phi) is 7.90. The van der Waals surface area contributed by atoms with Crippen LogP contribution in [0.25, 0.3) is 0 Å². The van der Waals surface area contributed by atoms with Crippen molar-refractivity contribution in [3.8, 4) is 0 Å². The quantitative estimate of drug-likeness (QED) is 0.552. The molecule has 192 valence electrons. The largest absolute Gasteiger partial charge is 0.353 e. The highest BCUT2D eigenvalue weighted by Gasteiger charge is 2.42. The Balaban J connectivity index is 1.26. The van der Waals surface area contributed by atoms with Gasteiger partial charge in [-0.25, -0.2) is 9.89 Å². The molecule has 5 rings (SSSR count). The van der Waals surface area contributed by atoms with Gasteiger partial charge in [-0.2, -0.15) is 0 Å². The first kappa shape index (κ1) is 25.5. The molecule has 0 radical (unpaired) electrons. The Morgan fingerprint density at radius 3 is 2.59 bits per heavy atom. The van der Waals surface area contributed by atoms with Crippen molar-refractivity contribution < 1.29 is 14.4 Å². The maximum atomic E-state index is 13.4. The number of aliphatic imine (C=N–C) groups is 2. The van der Waals surface area contributed by atoms with Crippen molar-refractivity contribution in [1.82, 2.24) is 15.5 Å². The van der Waals surface area contributed by atoms with Crippen LogP contribution in [0.2, 0.25) is 5.02 Å². The summed E-state index contributed by atoms with van der Waals surface area (Å²) in [4.78, 5) is 49.5. The van der Waals surface area contributed by atoms with E-state index in [9.17, 15) is 14.4 Å². The predicted molar refractivity (Wildman–Crippen MR) is 146 cm³/mol. The van der Waals surface area contributed by atoms with Crippen molar-refractivity contribution in [2.75, 3.05) is 5.75 Å². The van der Waals surface area contributed by atoms with Crippen LogP contribution in [0, 0.1) is 0 Å². The molecule has 37 heavy (non-hydrogen) atoms. The van der Waals surface area contributed by atoms with Crippen LogP contribution in [0.3, 0.4) is 0 Å². The Morgan fingerprint density at radius 1 is 1.03 bits per heavy atom. The number of para-hydroxylation sites is 1. The van der Waals surface area contributed by atoms with Crippen LogP contribution in [0.1, 0.15) is 49.7 Å². The maximum absolute atomic E-state index is 13.4. The summed E-state index contributed by atoms with van der Waals surface area (Å²) in [6, 6.07) is 14.1. The Hall–Kier alpha value is -3.17. The number of nitrogens with zero attached hydrogens (tertiary/aromatic N) is 3. The number of halogens is 1. The van der Waals surface area contributed by atoms with E-state index in [1.165, 1.54) is 23.1 Å². The molecule has 1 fully saturated rings. The van der Waals surface area contributed by atoms with Crippen LogP contribution in [-0.4, -0.2) is 51.5 Å². The Morgan fingerprint density at radius 2 is 1.78 bits per heavy atom. The first-order chi connectivity index (χ1) is 18.0.